The van der Waals surface area contributed by atoms with Gasteiger partial charge >= 0.3 is 0 Å². The number of hydrogen-bond donors (Lipinski definition) is 2. The number of benzene rings is 1. The SMILES string of the molecule is O=C(Cn1cnnn1)NC[C@]1(O)CCCc2ccccc21. The van der Waals surface area contributed by atoms with Crippen molar-refractivity contribution >= 4 is 5.91 Å². The van der Waals surface area contributed by atoms with Gasteiger partial charge in [0.25, 0.3) is 0 Å². The van der Waals surface area contributed by atoms with Gasteiger partial charge < -0.3 is 10.4 Å². The van der Waals surface area contributed by atoms with Gasteiger partial charge in [0.05, 0.1) is 6.54 Å². The molecule has 0 unspecified atom stereocenters. The molecule has 0 saturated carbocycles. The number of aliphatic hydroxyl groups is 1. The maximum atomic E-state index is 11.9. The van der Waals surface area contributed by atoms with Crippen molar-refractivity contribution in [3.8, 4) is 0 Å². The van der Waals surface area contributed by atoms with Crippen LogP contribution in [0.25, 0.3) is 0 Å². The van der Waals surface area contributed by atoms with Gasteiger partial charge in [-0.15, -0.1) is 5.10 Å². The lowest BCUT2D eigenvalue weighted by molar-refractivity contribution is -0.123. The van der Waals surface area contributed by atoms with Crippen LogP contribution in [0.2, 0.25) is 0 Å². The molecular formula is C14H17N5O2. The van der Waals surface area contributed by atoms with Gasteiger partial charge in [0, 0.05) is 0 Å². The van der Waals surface area contributed by atoms with E-state index in [2.05, 4.69) is 20.8 Å². The number of nitrogens with one attached hydrogen (secondary N) is 1. The average molecular weight is 287 g/mol. The predicted octanol–water partition coefficient (Wildman–Crippen LogP) is 0.0134. The highest BCUT2D eigenvalue weighted by atomic mass is 16.3. The molecule has 1 aromatic heterocycles. The van der Waals surface area contributed by atoms with Gasteiger partial charge in [-0.3, -0.25) is 4.79 Å². The summed E-state index contributed by atoms with van der Waals surface area (Å²) in [5.74, 6) is -0.223. The number of hydrogen-bond acceptors (Lipinski definition) is 5. The number of fused-ring (bicyclic) bond motifs is 1. The molecule has 0 saturated heterocycles. The third kappa shape index (κ3) is 2.92. The van der Waals surface area contributed by atoms with Crippen molar-refractivity contribution in [3.63, 3.8) is 0 Å². The summed E-state index contributed by atoms with van der Waals surface area (Å²) in [6.45, 7) is 0.246. The molecule has 0 spiro atoms. The molecular weight excluding hydrogens is 270 g/mol. The van der Waals surface area contributed by atoms with E-state index in [0.29, 0.717) is 6.42 Å². The van der Waals surface area contributed by atoms with E-state index in [4.69, 9.17) is 0 Å². The highest BCUT2D eigenvalue weighted by molar-refractivity contribution is 5.75. The third-order valence-electron chi connectivity index (χ3n) is 3.83. The van der Waals surface area contributed by atoms with Crippen LogP contribution in [0.4, 0.5) is 0 Å². The van der Waals surface area contributed by atoms with E-state index < -0.39 is 5.60 Å². The highest BCUT2D eigenvalue weighted by Gasteiger charge is 2.34. The first-order valence-corrected chi connectivity index (χ1v) is 6.96. The zero-order valence-electron chi connectivity index (χ0n) is 11.6. The number of amides is 1. The van der Waals surface area contributed by atoms with Crippen LogP contribution in [0.1, 0.15) is 24.0 Å². The molecule has 1 aromatic carbocycles. The molecule has 0 fully saturated rings. The van der Waals surface area contributed by atoms with Crippen LogP contribution in [0.15, 0.2) is 30.6 Å². The molecule has 2 aromatic rings. The van der Waals surface area contributed by atoms with E-state index >= 15 is 0 Å². The van der Waals surface area contributed by atoms with Crippen LogP contribution in [0.5, 0.6) is 0 Å². The molecule has 1 aliphatic rings. The van der Waals surface area contributed by atoms with Crippen molar-refractivity contribution in [1.29, 1.82) is 0 Å². The zero-order valence-corrected chi connectivity index (χ0v) is 11.6. The molecule has 7 nitrogen and oxygen atoms in total. The number of rotatable bonds is 4. The zero-order chi connectivity index (χ0) is 14.7. The fourth-order valence-corrected chi connectivity index (χ4v) is 2.78. The van der Waals surface area contributed by atoms with Crippen LogP contribution in [0.3, 0.4) is 0 Å². The minimum absolute atomic E-state index is 0.0464. The van der Waals surface area contributed by atoms with E-state index in [1.54, 1.807) is 0 Å². The van der Waals surface area contributed by atoms with Crippen molar-refractivity contribution in [1.82, 2.24) is 25.5 Å². The molecule has 21 heavy (non-hydrogen) atoms. The van der Waals surface area contributed by atoms with Gasteiger partial charge in [0.2, 0.25) is 5.91 Å². The molecule has 0 radical (unpaired) electrons. The summed E-state index contributed by atoms with van der Waals surface area (Å²) in [7, 11) is 0. The second-order valence-electron chi connectivity index (χ2n) is 5.33. The van der Waals surface area contributed by atoms with Gasteiger partial charge in [-0.2, -0.15) is 0 Å². The fraction of sp³-hybridized carbons (Fsp3) is 0.429. The number of aryl methyl sites for hydroxylation is 1. The lowest BCUT2D eigenvalue weighted by Gasteiger charge is -2.34. The van der Waals surface area contributed by atoms with Gasteiger partial charge in [-0.05, 0) is 40.8 Å². The summed E-state index contributed by atoms with van der Waals surface area (Å²) in [6, 6.07) is 7.85. The van der Waals surface area contributed by atoms with Crippen LogP contribution < -0.4 is 5.32 Å². The Labute approximate surface area is 122 Å². The molecule has 1 atom stereocenters. The molecule has 2 N–H and O–H groups in total. The largest absolute Gasteiger partial charge is 0.383 e. The quantitative estimate of drug-likeness (QED) is 0.826. The molecule has 110 valence electrons. The average Bonchev–Trinajstić information content (AvgIpc) is 2.99. The molecule has 3 rings (SSSR count). The Morgan fingerprint density at radius 3 is 3.10 bits per heavy atom. The van der Waals surface area contributed by atoms with Crippen LogP contribution in [-0.2, 0) is 23.4 Å². The van der Waals surface area contributed by atoms with Crippen LogP contribution in [0, 0.1) is 0 Å². The number of aromatic nitrogens is 4. The lowest BCUT2D eigenvalue weighted by atomic mass is 9.79. The maximum absolute atomic E-state index is 11.9. The maximum Gasteiger partial charge on any atom is 0.241 e. The van der Waals surface area contributed by atoms with Gasteiger partial charge in [-0.25, -0.2) is 4.68 Å². The van der Waals surface area contributed by atoms with Crippen molar-refractivity contribution in [2.75, 3.05) is 6.54 Å². The second kappa shape index (κ2) is 5.61. The summed E-state index contributed by atoms with van der Waals surface area (Å²) < 4.78 is 1.34. The van der Waals surface area contributed by atoms with E-state index in [1.165, 1.54) is 11.0 Å². The summed E-state index contributed by atoms with van der Waals surface area (Å²) in [5, 5.41) is 24.2. The highest BCUT2D eigenvalue weighted by Crippen LogP contribution is 2.34. The number of carbonyl (C=O) groups is 1. The van der Waals surface area contributed by atoms with Gasteiger partial charge in [0.1, 0.15) is 18.5 Å². The second-order valence-corrected chi connectivity index (χ2v) is 5.33. The van der Waals surface area contributed by atoms with Crippen molar-refractivity contribution in [2.45, 2.75) is 31.4 Å². The normalized spacial score (nSPS) is 20.8. The predicted molar refractivity (Wildman–Crippen MR) is 74.1 cm³/mol. The fourth-order valence-electron chi connectivity index (χ4n) is 2.78. The van der Waals surface area contributed by atoms with E-state index in [1.807, 2.05) is 24.3 Å². The smallest absolute Gasteiger partial charge is 0.241 e. The number of carbonyl (C=O) groups excluding carboxylic acids is 1. The lowest BCUT2D eigenvalue weighted by Crippen LogP contribution is -2.43. The minimum Gasteiger partial charge on any atom is -0.383 e. The first-order valence-electron chi connectivity index (χ1n) is 6.96. The van der Waals surface area contributed by atoms with Crippen molar-refractivity contribution in [3.05, 3.63) is 41.7 Å². The topological polar surface area (TPSA) is 92.9 Å². The van der Waals surface area contributed by atoms with E-state index in [0.717, 1.165) is 24.0 Å². The number of tetrazole rings is 1. The summed E-state index contributed by atoms with van der Waals surface area (Å²) in [5.41, 5.74) is 1.07. The van der Waals surface area contributed by atoms with Crippen LogP contribution in [-0.4, -0.2) is 37.8 Å². The molecule has 0 bridgehead atoms. The molecule has 1 heterocycles. The van der Waals surface area contributed by atoms with E-state index in [-0.39, 0.29) is 19.0 Å². The Kier molecular flexibility index (Phi) is 3.66. The summed E-state index contributed by atoms with van der Waals surface area (Å²) in [4.78, 5) is 11.9. The van der Waals surface area contributed by atoms with Crippen molar-refractivity contribution < 1.29 is 9.90 Å². The first-order chi connectivity index (χ1) is 10.2. The monoisotopic (exact) mass is 287 g/mol. The van der Waals surface area contributed by atoms with Gasteiger partial charge in [0.15, 0.2) is 0 Å². The first kappa shape index (κ1) is 13.7. The molecule has 1 aliphatic carbocycles. The Hall–Kier alpha value is -2.28. The Morgan fingerprint density at radius 1 is 1.43 bits per heavy atom. The minimum atomic E-state index is -0.995. The van der Waals surface area contributed by atoms with Crippen molar-refractivity contribution in [2.24, 2.45) is 0 Å². The third-order valence-corrected chi connectivity index (χ3v) is 3.83. The summed E-state index contributed by atoms with van der Waals surface area (Å²) >= 11 is 0. The van der Waals surface area contributed by atoms with Gasteiger partial charge in [-0.1, -0.05) is 24.3 Å². The Balaban J connectivity index is 1.66. The molecule has 1 amide bonds. The molecule has 0 aliphatic heterocycles. The van der Waals surface area contributed by atoms with Crippen LogP contribution >= 0.6 is 0 Å². The van der Waals surface area contributed by atoms with E-state index in [9.17, 15) is 9.90 Å². The summed E-state index contributed by atoms with van der Waals surface area (Å²) in [6.07, 6.45) is 3.91. The standard InChI is InChI=1S/C14H17N5O2/c20-13(8-19-10-16-17-18-19)15-9-14(21)7-3-5-11-4-1-2-6-12(11)14/h1-2,4,6,10,21H,3,5,7-9H2,(H,15,20)/t14-/m1/s1. The Bertz CT molecular complexity index is 628. The number of nitrogens with zero attached hydrogens (tertiary/aromatic N) is 4. The Morgan fingerprint density at radius 2 is 2.29 bits per heavy atom. The molecule has 7 heteroatoms.